The van der Waals surface area contributed by atoms with Gasteiger partial charge in [0.1, 0.15) is 6.61 Å². The number of methoxy groups -OCH3 is 2. The molecule has 0 aromatic rings. The van der Waals surface area contributed by atoms with Gasteiger partial charge in [0.15, 0.2) is 0 Å². The highest BCUT2D eigenvalue weighted by Crippen LogP contribution is 1.74. The Labute approximate surface area is 95.8 Å². The van der Waals surface area contributed by atoms with Crippen LogP contribution in [0.2, 0.25) is 0 Å². The summed E-state index contributed by atoms with van der Waals surface area (Å²) in [5.74, 6) is -1.10. The molecule has 6 nitrogen and oxygen atoms in total. The predicted molar refractivity (Wildman–Crippen MR) is 59.0 cm³/mol. The monoisotopic (exact) mass is 236 g/mol. The number of esters is 1. The number of carboxylic acid groups (broad SMARTS) is 1. The molecule has 6 heteroatoms. The molecular weight excluding hydrogens is 216 g/mol. The zero-order chi connectivity index (χ0) is 13.4. The Kier molecular flexibility index (Phi) is 23.8. The summed E-state index contributed by atoms with van der Waals surface area (Å²) >= 11 is 0. The summed E-state index contributed by atoms with van der Waals surface area (Å²) in [6.07, 6.45) is 1.38. The Bertz CT molecular complexity index is 174. The van der Waals surface area contributed by atoms with E-state index >= 15 is 0 Å². The van der Waals surface area contributed by atoms with Gasteiger partial charge in [-0.05, 0) is 0 Å². The highest BCUT2D eigenvalue weighted by molar-refractivity contribution is 5.65. The van der Waals surface area contributed by atoms with Gasteiger partial charge in [-0.1, -0.05) is 6.58 Å². The molecule has 0 atom stereocenters. The minimum atomic E-state index is -0.833. The molecule has 0 amide bonds. The van der Waals surface area contributed by atoms with Crippen LogP contribution in [0.4, 0.5) is 0 Å². The number of carbonyl (C=O) groups excluding carboxylic acids is 1. The Morgan fingerprint density at radius 1 is 1.25 bits per heavy atom. The van der Waals surface area contributed by atoms with Crippen LogP contribution >= 0.6 is 0 Å². The number of rotatable bonds is 4. The van der Waals surface area contributed by atoms with Crippen molar-refractivity contribution in [1.29, 1.82) is 0 Å². The molecule has 0 aliphatic rings. The lowest BCUT2D eigenvalue weighted by Crippen LogP contribution is -2.05. The van der Waals surface area contributed by atoms with Crippen molar-refractivity contribution < 1.29 is 28.9 Å². The third-order valence-corrected chi connectivity index (χ3v) is 0.759. The van der Waals surface area contributed by atoms with Crippen LogP contribution in [-0.2, 0) is 23.8 Å². The van der Waals surface area contributed by atoms with E-state index in [0.29, 0.717) is 13.2 Å². The van der Waals surface area contributed by atoms with E-state index in [1.165, 1.54) is 13.2 Å². The van der Waals surface area contributed by atoms with E-state index in [4.69, 9.17) is 9.90 Å². The van der Waals surface area contributed by atoms with Crippen molar-refractivity contribution in [2.24, 2.45) is 0 Å². The molecule has 0 aromatic carbocycles. The Balaban J connectivity index is -0.000000179. The zero-order valence-electron chi connectivity index (χ0n) is 10.2. The summed E-state index contributed by atoms with van der Waals surface area (Å²) in [4.78, 5) is 19.0. The average Bonchev–Trinajstić information content (AvgIpc) is 2.17. The van der Waals surface area contributed by atoms with Crippen LogP contribution in [0, 0.1) is 0 Å². The summed E-state index contributed by atoms with van der Waals surface area (Å²) in [7, 11) is 3.12. The normalized spacial score (nSPS) is 7.25. The molecule has 0 unspecified atom stereocenters. The van der Waals surface area contributed by atoms with Gasteiger partial charge in [-0.2, -0.15) is 0 Å². The van der Waals surface area contributed by atoms with Crippen molar-refractivity contribution >= 4 is 11.9 Å². The van der Waals surface area contributed by atoms with Gasteiger partial charge in [-0.3, -0.25) is 9.59 Å². The van der Waals surface area contributed by atoms with Crippen molar-refractivity contribution in [1.82, 2.24) is 0 Å². The summed E-state index contributed by atoms with van der Waals surface area (Å²) < 4.78 is 13.4. The van der Waals surface area contributed by atoms with E-state index in [9.17, 15) is 4.79 Å². The van der Waals surface area contributed by atoms with E-state index in [0.717, 1.165) is 6.92 Å². The second-order valence-electron chi connectivity index (χ2n) is 2.25. The van der Waals surface area contributed by atoms with Gasteiger partial charge >= 0.3 is 5.97 Å². The number of carbonyl (C=O) groups is 2. The molecule has 16 heavy (non-hydrogen) atoms. The second-order valence-corrected chi connectivity index (χ2v) is 2.25. The number of carboxylic acids is 1. The van der Waals surface area contributed by atoms with Gasteiger partial charge in [-0.25, -0.2) is 0 Å². The molecule has 1 N–H and O–H groups in total. The van der Waals surface area contributed by atoms with Crippen LogP contribution < -0.4 is 0 Å². The minimum absolute atomic E-state index is 0.262. The third-order valence-electron chi connectivity index (χ3n) is 0.759. The first-order valence-electron chi connectivity index (χ1n) is 4.37. The topological polar surface area (TPSA) is 82.1 Å². The summed E-state index contributed by atoms with van der Waals surface area (Å²) in [6.45, 7) is 6.54. The fourth-order valence-electron chi connectivity index (χ4n) is 0.269. The molecule has 0 aromatic heterocycles. The average molecular weight is 236 g/mol. The number of hydrogen-bond donors (Lipinski definition) is 1. The minimum Gasteiger partial charge on any atom is -0.505 e. The van der Waals surface area contributed by atoms with Gasteiger partial charge < -0.3 is 19.3 Å². The molecular formula is C10H20O6. The first-order valence-corrected chi connectivity index (χ1v) is 4.37. The Hall–Kier alpha value is -1.56. The van der Waals surface area contributed by atoms with E-state index < -0.39 is 5.97 Å². The molecule has 0 heterocycles. The smallest absolute Gasteiger partial charge is 0.302 e. The summed E-state index contributed by atoms with van der Waals surface area (Å²) in [5.41, 5.74) is 0. The molecule has 0 bridgehead atoms. The van der Waals surface area contributed by atoms with Gasteiger partial charge in [0.05, 0.1) is 20.0 Å². The highest BCUT2D eigenvalue weighted by atomic mass is 16.6. The molecule has 0 aliphatic heterocycles. The van der Waals surface area contributed by atoms with Crippen LogP contribution in [0.25, 0.3) is 0 Å². The van der Waals surface area contributed by atoms with Crippen molar-refractivity contribution in [3.8, 4) is 0 Å². The summed E-state index contributed by atoms with van der Waals surface area (Å²) in [6, 6.07) is 0. The SMILES string of the molecule is C=COC.CC(=O)O.COCCOC(C)=O. The van der Waals surface area contributed by atoms with Crippen molar-refractivity contribution in [2.45, 2.75) is 13.8 Å². The largest absolute Gasteiger partial charge is 0.505 e. The molecule has 0 radical (unpaired) electrons. The molecule has 96 valence electrons. The van der Waals surface area contributed by atoms with Crippen molar-refractivity contribution in [3.05, 3.63) is 12.8 Å². The highest BCUT2D eigenvalue weighted by Gasteiger charge is 1.88. The van der Waals surface area contributed by atoms with E-state index in [-0.39, 0.29) is 5.97 Å². The fourth-order valence-corrected chi connectivity index (χ4v) is 0.269. The Morgan fingerprint density at radius 3 is 1.81 bits per heavy atom. The molecule has 0 spiro atoms. The number of aliphatic carboxylic acids is 1. The molecule has 0 fully saturated rings. The number of hydrogen-bond acceptors (Lipinski definition) is 5. The fraction of sp³-hybridized carbons (Fsp3) is 0.600. The maximum atomic E-state index is 10.0. The molecule has 0 saturated carbocycles. The lowest BCUT2D eigenvalue weighted by atomic mass is 10.7. The van der Waals surface area contributed by atoms with Crippen LogP contribution in [0.3, 0.4) is 0 Å². The Morgan fingerprint density at radius 2 is 1.62 bits per heavy atom. The molecule has 0 aliphatic carbocycles. The maximum absolute atomic E-state index is 10.0. The molecule has 0 rings (SSSR count). The maximum Gasteiger partial charge on any atom is 0.302 e. The lowest BCUT2D eigenvalue weighted by Gasteiger charge is -1.97. The predicted octanol–water partition coefficient (Wildman–Crippen LogP) is 1.06. The van der Waals surface area contributed by atoms with Gasteiger partial charge in [-0.15, -0.1) is 0 Å². The first-order chi connectivity index (χ1) is 7.42. The van der Waals surface area contributed by atoms with Crippen molar-refractivity contribution in [3.63, 3.8) is 0 Å². The zero-order valence-corrected chi connectivity index (χ0v) is 10.2. The van der Waals surface area contributed by atoms with Crippen LogP contribution in [0.5, 0.6) is 0 Å². The van der Waals surface area contributed by atoms with Crippen LogP contribution in [0.1, 0.15) is 13.8 Å². The summed E-state index contributed by atoms with van der Waals surface area (Å²) in [5, 5.41) is 7.42. The standard InChI is InChI=1S/C5H10O3.C3H6O.C2H4O2/c1-5(6)8-4-3-7-2;1-3-4-2;1-2(3)4/h3-4H2,1-2H3;3H,1H2,2H3;1H3,(H,3,4). The lowest BCUT2D eigenvalue weighted by molar-refractivity contribution is -0.142. The first kappa shape index (κ1) is 19.9. The molecule has 0 saturated heterocycles. The number of ether oxygens (including phenoxy) is 3. The van der Waals surface area contributed by atoms with E-state index in [2.05, 4.69) is 20.8 Å². The van der Waals surface area contributed by atoms with Gasteiger partial charge in [0.2, 0.25) is 0 Å². The van der Waals surface area contributed by atoms with E-state index in [1.807, 2.05) is 0 Å². The van der Waals surface area contributed by atoms with E-state index in [1.54, 1.807) is 14.2 Å². The second kappa shape index (κ2) is 19.1. The van der Waals surface area contributed by atoms with Crippen molar-refractivity contribution in [2.75, 3.05) is 27.4 Å². The van der Waals surface area contributed by atoms with Crippen LogP contribution in [0.15, 0.2) is 12.8 Å². The van der Waals surface area contributed by atoms with Gasteiger partial charge in [0, 0.05) is 21.0 Å². The quantitative estimate of drug-likeness (QED) is 0.446. The third kappa shape index (κ3) is 82.6. The van der Waals surface area contributed by atoms with Gasteiger partial charge in [0.25, 0.3) is 5.97 Å². The van der Waals surface area contributed by atoms with Crippen LogP contribution in [-0.4, -0.2) is 44.5 Å².